The molecule has 4 rings (SSSR count). The number of anilines is 2. The van der Waals surface area contributed by atoms with Gasteiger partial charge in [-0.15, -0.1) is 11.8 Å². The zero-order valence-electron chi connectivity index (χ0n) is 15.3. The first-order valence-corrected chi connectivity index (χ1v) is 11.8. The van der Waals surface area contributed by atoms with Gasteiger partial charge in [-0.3, -0.25) is 4.79 Å². The summed E-state index contributed by atoms with van der Waals surface area (Å²) in [5, 5.41) is 4.66. The lowest BCUT2D eigenvalue weighted by atomic mass is 10.3. The molecule has 1 aliphatic rings. The molecule has 1 aromatic carbocycles. The number of amides is 1. The van der Waals surface area contributed by atoms with Crippen molar-refractivity contribution < 1.29 is 9.53 Å². The van der Waals surface area contributed by atoms with Crippen molar-refractivity contribution in [2.75, 3.05) is 48.5 Å². The van der Waals surface area contributed by atoms with E-state index in [1.807, 2.05) is 30.5 Å². The smallest absolute Gasteiger partial charge is 0.234 e. The summed E-state index contributed by atoms with van der Waals surface area (Å²) in [5.41, 5.74) is 1.48. The minimum absolute atomic E-state index is 0.0621. The van der Waals surface area contributed by atoms with Gasteiger partial charge in [-0.25, -0.2) is 9.97 Å². The number of nitrogens with zero attached hydrogens (tertiary/aromatic N) is 4. The molecule has 0 bridgehead atoms. The topological polar surface area (TPSA) is 80.2 Å². The quantitative estimate of drug-likeness (QED) is 0.468. The van der Waals surface area contributed by atoms with E-state index in [2.05, 4.69) is 25.2 Å². The van der Waals surface area contributed by atoms with Crippen LogP contribution < -0.4 is 10.2 Å². The van der Waals surface area contributed by atoms with Gasteiger partial charge < -0.3 is 15.0 Å². The van der Waals surface area contributed by atoms with Crippen LogP contribution in [-0.4, -0.2) is 59.2 Å². The molecule has 3 heterocycles. The Labute approximate surface area is 175 Å². The Morgan fingerprint density at radius 2 is 2.18 bits per heavy atom. The number of thiazole rings is 1. The van der Waals surface area contributed by atoms with Crippen molar-refractivity contribution in [3.63, 3.8) is 0 Å². The lowest BCUT2D eigenvalue weighted by Gasteiger charge is -2.25. The van der Waals surface area contributed by atoms with E-state index < -0.39 is 0 Å². The highest BCUT2D eigenvalue weighted by Crippen LogP contribution is 2.34. The van der Waals surface area contributed by atoms with Gasteiger partial charge in [-0.2, -0.15) is 4.98 Å². The maximum Gasteiger partial charge on any atom is 0.234 e. The van der Waals surface area contributed by atoms with Crippen molar-refractivity contribution in [1.29, 1.82) is 0 Å². The second-order valence-electron chi connectivity index (χ2n) is 6.00. The first-order chi connectivity index (χ1) is 13.7. The molecule has 0 unspecified atom stereocenters. The average molecular weight is 434 g/mol. The zero-order chi connectivity index (χ0) is 19.3. The Kier molecular flexibility index (Phi) is 6.30. The first-order valence-electron chi connectivity index (χ1n) is 8.74. The van der Waals surface area contributed by atoms with Crippen LogP contribution in [0.3, 0.4) is 0 Å². The Morgan fingerprint density at radius 1 is 1.32 bits per heavy atom. The molecule has 0 radical (unpaired) electrons. The number of fused-ring (bicyclic) bond motifs is 1. The van der Waals surface area contributed by atoms with Crippen LogP contribution in [0.1, 0.15) is 0 Å². The molecule has 2 aromatic heterocycles. The third-order valence-corrected chi connectivity index (χ3v) is 7.08. The van der Waals surface area contributed by atoms with Crippen molar-refractivity contribution in [2.24, 2.45) is 0 Å². The number of ether oxygens (including phenoxy) is 1. The molecule has 1 saturated heterocycles. The maximum atomic E-state index is 12.4. The highest BCUT2D eigenvalue weighted by atomic mass is 32.2. The summed E-state index contributed by atoms with van der Waals surface area (Å²) in [7, 11) is 0. The fourth-order valence-corrected chi connectivity index (χ4v) is 5.15. The van der Waals surface area contributed by atoms with Gasteiger partial charge in [0, 0.05) is 23.7 Å². The number of hydrogen-bond acceptors (Lipinski definition) is 9. The minimum atomic E-state index is -0.0621. The number of morpholine rings is 1. The van der Waals surface area contributed by atoms with Gasteiger partial charge in [0.1, 0.15) is 16.1 Å². The predicted molar refractivity (Wildman–Crippen MR) is 116 cm³/mol. The SMILES string of the molecule is CSc1cccc(NC(=O)CSc2ncnc3nc(N4CCOCC4)sc23)c1. The molecule has 0 atom stereocenters. The highest BCUT2D eigenvalue weighted by Gasteiger charge is 2.18. The van der Waals surface area contributed by atoms with Gasteiger partial charge >= 0.3 is 0 Å². The van der Waals surface area contributed by atoms with Crippen LogP contribution in [-0.2, 0) is 9.53 Å². The molecule has 3 aromatic rings. The Hall–Kier alpha value is -1.88. The second-order valence-corrected chi connectivity index (χ2v) is 8.82. The minimum Gasteiger partial charge on any atom is -0.378 e. The monoisotopic (exact) mass is 433 g/mol. The van der Waals surface area contributed by atoms with Gasteiger partial charge in [0.2, 0.25) is 5.91 Å². The van der Waals surface area contributed by atoms with Crippen LogP contribution >= 0.6 is 34.9 Å². The van der Waals surface area contributed by atoms with Crippen LogP contribution in [0.5, 0.6) is 0 Å². The Morgan fingerprint density at radius 3 is 3.00 bits per heavy atom. The number of aromatic nitrogens is 3. The first kappa shape index (κ1) is 19.4. The summed E-state index contributed by atoms with van der Waals surface area (Å²) in [6.45, 7) is 3.07. The van der Waals surface area contributed by atoms with Crippen molar-refractivity contribution in [2.45, 2.75) is 9.92 Å². The summed E-state index contributed by atoms with van der Waals surface area (Å²) in [6, 6.07) is 7.81. The van der Waals surface area contributed by atoms with Crippen LogP contribution in [0.4, 0.5) is 10.8 Å². The zero-order valence-corrected chi connectivity index (χ0v) is 17.7. The highest BCUT2D eigenvalue weighted by molar-refractivity contribution is 8.00. The molecule has 1 aliphatic heterocycles. The van der Waals surface area contributed by atoms with E-state index in [0.29, 0.717) is 18.9 Å². The summed E-state index contributed by atoms with van der Waals surface area (Å²) in [5.74, 6) is 0.216. The molecule has 146 valence electrons. The molecule has 1 N–H and O–H groups in total. The number of carbonyl (C=O) groups excluding carboxylic acids is 1. The van der Waals surface area contributed by atoms with Gasteiger partial charge in [0.25, 0.3) is 0 Å². The number of benzene rings is 1. The molecule has 7 nitrogen and oxygen atoms in total. The summed E-state index contributed by atoms with van der Waals surface area (Å²) in [6.07, 6.45) is 3.52. The van der Waals surface area contributed by atoms with Crippen LogP contribution in [0.2, 0.25) is 0 Å². The van der Waals surface area contributed by atoms with Crippen molar-refractivity contribution >= 4 is 61.9 Å². The van der Waals surface area contributed by atoms with Crippen LogP contribution in [0, 0.1) is 0 Å². The van der Waals surface area contributed by atoms with E-state index in [-0.39, 0.29) is 11.7 Å². The Bertz CT molecular complexity index is 975. The Balaban J connectivity index is 1.43. The van der Waals surface area contributed by atoms with Crippen LogP contribution in [0.25, 0.3) is 10.3 Å². The fourth-order valence-electron chi connectivity index (χ4n) is 2.75. The molecule has 10 heteroatoms. The van der Waals surface area contributed by atoms with Crippen LogP contribution in [0.15, 0.2) is 40.5 Å². The van der Waals surface area contributed by atoms with E-state index in [1.165, 1.54) is 18.1 Å². The molecule has 28 heavy (non-hydrogen) atoms. The molecular formula is C18H19N5O2S3. The lowest BCUT2D eigenvalue weighted by Crippen LogP contribution is -2.36. The van der Waals surface area contributed by atoms with Gasteiger partial charge in [-0.05, 0) is 24.5 Å². The van der Waals surface area contributed by atoms with Gasteiger partial charge in [-0.1, -0.05) is 29.2 Å². The van der Waals surface area contributed by atoms with E-state index in [4.69, 9.17) is 4.74 Å². The number of hydrogen-bond donors (Lipinski definition) is 1. The molecular weight excluding hydrogens is 414 g/mol. The number of carbonyl (C=O) groups is 1. The van der Waals surface area contributed by atoms with Gasteiger partial charge in [0.15, 0.2) is 10.8 Å². The second kappa shape index (κ2) is 9.08. The van der Waals surface area contributed by atoms with E-state index in [0.717, 1.165) is 38.5 Å². The predicted octanol–water partition coefficient (Wildman–Crippen LogP) is 3.38. The average Bonchev–Trinajstić information content (AvgIpc) is 3.18. The standard InChI is InChI=1S/C18H19N5O2S3/c1-26-13-4-2-3-12(9-13)21-14(24)10-27-17-15-16(19-11-20-17)22-18(28-15)23-5-7-25-8-6-23/h2-4,9,11H,5-8,10H2,1H3,(H,21,24). The third-order valence-electron chi connectivity index (χ3n) is 4.12. The fraction of sp³-hybridized carbons (Fsp3) is 0.333. The molecule has 0 saturated carbocycles. The summed E-state index contributed by atoms with van der Waals surface area (Å²) in [4.78, 5) is 29.0. The third kappa shape index (κ3) is 4.57. The number of nitrogens with one attached hydrogen (secondary N) is 1. The van der Waals surface area contributed by atoms with E-state index in [9.17, 15) is 4.79 Å². The maximum absolute atomic E-state index is 12.4. The largest absolute Gasteiger partial charge is 0.378 e. The normalized spacial score (nSPS) is 14.4. The number of rotatable bonds is 6. The summed E-state index contributed by atoms with van der Waals surface area (Å²) < 4.78 is 6.33. The molecule has 0 spiro atoms. The summed E-state index contributed by atoms with van der Waals surface area (Å²) >= 11 is 4.62. The molecule has 1 amide bonds. The molecule has 1 fully saturated rings. The van der Waals surface area contributed by atoms with Gasteiger partial charge in [0.05, 0.1) is 19.0 Å². The van der Waals surface area contributed by atoms with E-state index >= 15 is 0 Å². The van der Waals surface area contributed by atoms with E-state index in [1.54, 1.807) is 23.1 Å². The molecule has 0 aliphatic carbocycles. The van der Waals surface area contributed by atoms with Crippen molar-refractivity contribution in [1.82, 2.24) is 15.0 Å². The number of thioether (sulfide) groups is 2. The van der Waals surface area contributed by atoms with Crippen molar-refractivity contribution in [3.8, 4) is 0 Å². The van der Waals surface area contributed by atoms with Crippen molar-refractivity contribution in [3.05, 3.63) is 30.6 Å². The lowest BCUT2D eigenvalue weighted by molar-refractivity contribution is -0.113.